The van der Waals surface area contributed by atoms with E-state index < -0.39 is 10.0 Å². The molecule has 0 saturated heterocycles. The Labute approximate surface area is 173 Å². The van der Waals surface area contributed by atoms with Crippen molar-refractivity contribution in [3.63, 3.8) is 0 Å². The molecule has 0 radical (unpaired) electrons. The van der Waals surface area contributed by atoms with E-state index in [1.54, 1.807) is 12.1 Å². The molecular weight excluding hydrogens is 384 g/mol. The molecule has 0 bridgehead atoms. The van der Waals surface area contributed by atoms with Crippen molar-refractivity contribution >= 4 is 27.3 Å². The molecule has 1 saturated carbocycles. The van der Waals surface area contributed by atoms with Gasteiger partial charge in [0, 0.05) is 18.2 Å². The number of hydrogen-bond acceptors (Lipinski definition) is 3. The van der Waals surface area contributed by atoms with Crippen molar-refractivity contribution in [2.24, 2.45) is 5.92 Å². The summed E-state index contributed by atoms with van der Waals surface area (Å²) in [6.07, 6.45) is 6.90. The van der Waals surface area contributed by atoms with Gasteiger partial charge in [0.25, 0.3) is 10.0 Å². The Balaban J connectivity index is 1.61. The number of nitrogens with one attached hydrogen (secondary N) is 1. The van der Waals surface area contributed by atoms with Crippen molar-refractivity contribution < 1.29 is 13.2 Å². The van der Waals surface area contributed by atoms with E-state index in [4.69, 9.17) is 0 Å². The zero-order chi connectivity index (χ0) is 20.4. The van der Waals surface area contributed by atoms with Crippen molar-refractivity contribution in [2.45, 2.75) is 56.8 Å². The smallest absolute Gasteiger partial charge is 0.264 e. The highest BCUT2D eigenvalue weighted by Crippen LogP contribution is 2.34. The van der Waals surface area contributed by atoms with Crippen molar-refractivity contribution in [3.8, 4) is 0 Å². The van der Waals surface area contributed by atoms with Crippen LogP contribution in [0.2, 0.25) is 0 Å². The molecule has 29 heavy (non-hydrogen) atoms. The van der Waals surface area contributed by atoms with Crippen molar-refractivity contribution in [3.05, 3.63) is 53.6 Å². The van der Waals surface area contributed by atoms with Gasteiger partial charge in [0.15, 0.2) is 0 Å². The highest BCUT2D eigenvalue weighted by atomic mass is 32.2. The molecule has 6 heteroatoms. The number of carbonyl (C=O) groups excluding carboxylic acids is 1. The summed E-state index contributed by atoms with van der Waals surface area (Å²) in [5, 5.41) is 3.02. The van der Waals surface area contributed by atoms with Gasteiger partial charge in [-0.05, 0) is 62.4 Å². The van der Waals surface area contributed by atoms with Gasteiger partial charge in [-0.25, -0.2) is 8.42 Å². The molecule has 1 aliphatic heterocycles. The summed E-state index contributed by atoms with van der Waals surface area (Å²) < 4.78 is 28.1. The van der Waals surface area contributed by atoms with Crippen LogP contribution in [-0.2, 0) is 21.2 Å². The highest BCUT2D eigenvalue weighted by molar-refractivity contribution is 7.92. The van der Waals surface area contributed by atoms with Crippen molar-refractivity contribution in [1.29, 1.82) is 0 Å². The van der Waals surface area contributed by atoms with E-state index in [1.165, 1.54) is 10.7 Å². The Hall–Kier alpha value is -2.34. The van der Waals surface area contributed by atoms with E-state index in [2.05, 4.69) is 5.32 Å². The first-order valence-electron chi connectivity index (χ1n) is 10.5. The maximum atomic E-state index is 13.3. The van der Waals surface area contributed by atoms with Gasteiger partial charge in [0.1, 0.15) is 0 Å². The molecule has 0 atom stereocenters. The minimum atomic E-state index is -3.64. The van der Waals surface area contributed by atoms with E-state index in [1.807, 2.05) is 37.3 Å². The second-order valence-electron chi connectivity index (χ2n) is 8.16. The number of nitrogens with zero attached hydrogens (tertiary/aromatic N) is 1. The Morgan fingerprint density at radius 3 is 2.45 bits per heavy atom. The summed E-state index contributed by atoms with van der Waals surface area (Å²) in [5.74, 6) is 0.112. The summed E-state index contributed by atoms with van der Waals surface area (Å²) in [7, 11) is -3.64. The first kappa shape index (κ1) is 20.0. The fourth-order valence-electron chi connectivity index (χ4n) is 4.31. The summed E-state index contributed by atoms with van der Waals surface area (Å²) in [4.78, 5) is 12.9. The van der Waals surface area contributed by atoms with E-state index in [0.29, 0.717) is 22.8 Å². The van der Waals surface area contributed by atoms with Crippen LogP contribution in [0.1, 0.15) is 49.7 Å². The Morgan fingerprint density at radius 1 is 1.00 bits per heavy atom. The lowest BCUT2D eigenvalue weighted by molar-refractivity contribution is -0.120. The number of benzene rings is 2. The number of sulfonamides is 1. The predicted octanol–water partition coefficient (Wildman–Crippen LogP) is 4.66. The molecule has 4 rings (SSSR count). The van der Waals surface area contributed by atoms with Gasteiger partial charge in [-0.2, -0.15) is 0 Å². The van der Waals surface area contributed by atoms with Crippen LogP contribution in [0.5, 0.6) is 0 Å². The van der Waals surface area contributed by atoms with E-state index in [-0.39, 0.29) is 11.8 Å². The van der Waals surface area contributed by atoms with Crippen LogP contribution in [0, 0.1) is 12.8 Å². The van der Waals surface area contributed by atoms with Crippen LogP contribution in [0.15, 0.2) is 47.4 Å². The van der Waals surface area contributed by atoms with Gasteiger partial charge in [0.2, 0.25) is 5.91 Å². The third-order valence-corrected chi connectivity index (χ3v) is 7.84. The molecule has 0 aromatic heterocycles. The second-order valence-corrected chi connectivity index (χ2v) is 10.0. The predicted molar refractivity (Wildman–Crippen MR) is 116 cm³/mol. The Bertz CT molecular complexity index is 993. The molecule has 154 valence electrons. The minimum absolute atomic E-state index is 0.0494. The average molecular weight is 413 g/mol. The van der Waals surface area contributed by atoms with Crippen LogP contribution in [-0.4, -0.2) is 20.9 Å². The quantitative estimate of drug-likeness (QED) is 0.794. The Morgan fingerprint density at radius 2 is 1.72 bits per heavy atom. The van der Waals surface area contributed by atoms with E-state index in [9.17, 15) is 13.2 Å². The molecular formula is C23H28N2O3S. The lowest BCUT2D eigenvalue weighted by atomic mass is 9.88. The van der Waals surface area contributed by atoms with Crippen molar-refractivity contribution in [1.82, 2.24) is 0 Å². The van der Waals surface area contributed by atoms with Crippen LogP contribution in [0.25, 0.3) is 0 Å². The monoisotopic (exact) mass is 412 g/mol. The standard InChI is InChI=1S/C23H28N2O3S/c1-17-9-13-21(14-10-17)29(27,28)25-15-5-8-18-11-12-20(16-22(18)25)24-23(26)19-6-3-2-4-7-19/h9-14,16,19H,2-8,15H2,1H3,(H,24,26). The topological polar surface area (TPSA) is 66.5 Å². The lowest BCUT2D eigenvalue weighted by Gasteiger charge is -2.31. The first-order chi connectivity index (χ1) is 13.9. The van der Waals surface area contributed by atoms with Crippen LogP contribution in [0.3, 0.4) is 0 Å². The summed E-state index contributed by atoms with van der Waals surface area (Å²) >= 11 is 0. The molecule has 1 aliphatic carbocycles. The number of carbonyl (C=O) groups is 1. The first-order valence-corrected chi connectivity index (χ1v) is 11.9. The SMILES string of the molecule is Cc1ccc(S(=O)(=O)N2CCCc3ccc(NC(=O)C4CCCCC4)cc32)cc1. The molecule has 0 unspecified atom stereocenters. The number of rotatable bonds is 4. The maximum Gasteiger partial charge on any atom is 0.264 e. The zero-order valence-corrected chi connectivity index (χ0v) is 17.7. The van der Waals surface area contributed by atoms with Gasteiger partial charge >= 0.3 is 0 Å². The zero-order valence-electron chi connectivity index (χ0n) is 16.9. The summed E-state index contributed by atoms with van der Waals surface area (Å²) in [5.41, 5.74) is 3.38. The molecule has 1 heterocycles. The van der Waals surface area contributed by atoms with Crippen LogP contribution < -0.4 is 9.62 Å². The largest absolute Gasteiger partial charge is 0.326 e. The normalized spacial score (nSPS) is 17.6. The van der Waals surface area contributed by atoms with Crippen LogP contribution >= 0.6 is 0 Å². The Kier molecular flexibility index (Phi) is 5.63. The fraction of sp³-hybridized carbons (Fsp3) is 0.435. The van der Waals surface area contributed by atoms with E-state index in [0.717, 1.165) is 49.7 Å². The third kappa shape index (κ3) is 4.17. The molecule has 1 fully saturated rings. The molecule has 1 amide bonds. The number of hydrogen-bond donors (Lipinski definition) is 1. The molecule has 5 nitrogen and oxygen atoms in total. The molecule has 0 spiro atoms. The van der Waals surface area contributed by atoms with Gasteiger partial charge in [0.05, 0.1) is 10.6 Å². The number of aryl methyl sites for hydroxylation is 2. The molecule has 1 N–H and O–H groups in total. The third-order valence-electron chi connectivity index (χ3n) is 6.01. The van der Waals surface area contributed by atoms with Gasteiger partial charge in [-0.15, -0.1) is 0 Å². The summed E-state index contributed by atoms with van der Waals surface area (Å²) in [6, 6.07) is 12.6. The van der Waals surface area contributed by atoms with Crippen LogP contribution in [0.4, 0.5) is 11.4 Å². The molecule has 2 aliphatic rings. The van der Waals surface area contributed by atoms with Gasteiger partial charge < -0.3 is 5.32 Å². The lowest BCUT2D eigenvalue weighted by Crippen LogP contribution is -2.35. The van der Waals surface area contributed by atoms with Gasteiger partial charge in [-0.3, -0.25) is 9.10 Å². The highest BCUT2D eigenvalue weighted by Gasteiger charge is 2.29. The number of amides is 1. The molecule has 2 aromatic carbocycles. The average Bonchev–Trinajstić information content (AvgIpc) is 2.74. The fourth-order valence-corrected chi connectivity index (χ4v) is 5.85. The molecule has 2 aromatic rings. The van der Waals surface area contributed by atoms with Crippen molar-refractivity contribution in [2.75, 3.05) is 16.2 Å². The van der Waals surface area contributed by atoms with Gasteiger partial charge in [-0.1, -0.05) is 43.0 Å². The number of anilines is 2. The minimum Gasteiger partial charge on any atom is -0.326 e. The van der Waals surface area contributed by atoms with E-state index >= 15 is 0 Å². The second kappa shape index (κ2) is 8.19. The summed E-state index contributed by atoms with van der Waals surface area (Å²) in [6.45, 7) is 2.39. The number of fused-ring (bicyclic) bond motifs is 1. The maximum absolute atomic E-state index is 13.3.